The van der Waals surface area contributed by atoms with Gasteiger partial charge in [-0.3, -0.25) is 0 Å². The lowest BCUT2D eigenvalue weighted by Crippen LogP contribution is -2.16. The Morgan fingerprint density at radius 1 is 1.15 bits per heavy atom. The van der Waals surface area contributed by atoms with Crippen LogP contribution in [0.3, 0.4) is 0 Å². The minimum atomic E-state index is -3.04. The molecular formula is C15H18O4S. The highest BCUT2D eigenvalue weighted by Crippen LogP contribution is 2.28. The molecule has 2 aromatic rings. The van der Waals surface area contributed by atoms with Crippen LogP contribution in [0.5, 0.6) is 5.75 Å². The first kappa shape index (κ1) is 14.8. The Morgan fingerprint density at radius 3 is 2.60 bits per heavy atom. The normalized spacial score (nSPS) is 11.7. The maximum absolute atomic E-state index is 11.4. The van der Waals surface area contributed by atoms with E-state index in [1.165, 1.54) is 0 Å². The molecule has 0 aliphatic carbocycles. The average molecular weight is 294 g/mol. The summed E-state index contributed by atoms with van der Waals surface area (Å²) < 4.78 is 28.4. The quantitative estimate of drug-likeness (QED) is 0.886. The molecule has 0 spiro atoms. The Bertz CT molecular complexity index is 692. The molecule has 2 aromatic carbocycles. The summed E-state index contributed by atoms with van der Waals surface area (Å²) in [4.78, 5) is 0. The van der Waals surface area contributed by atoms with Crippen LogP contribution < -0.4 is 4.74 Å². The summed E-state index contributed by atoms with van der Waals surface area (Å²) in [6, 6.07) is 11.4. The smallest absolute Gasteiger partial charge is 0.153 e. The summed E-state index contributed by atoms with van der Waals surface area (Å²) in [5, 5.41) is 11.5. The lowest BCUT2D eigenvalue weighted by atomic mass is 10.0. The van der Waals surface area contributed by atoms with Crippen molar-refractivity contribution >= 4 is 20.6 Å². The maximum Gasteiger partial charge on any atom is 0.153 e. The van der Waals surface area contributed by atoms with Crippen LogP contribution in [0.4, 0.5) is 0 Å². The van der Waals surface area contributed by atoms with E-state index in [2.05, 4.69) is 0 Å². The highest BCUT2D eigenvalue weighted by Gasteiger charge is 2.11. The summed E-state index contributed by atoms with van der Waals surface area (Å²) in [5.41, 5.74) is 0.692. The van der Waals surface area contributed by atoms with Gasteiger partial charge in [0.05, 0.1) is 12.4 Å². The number of rotatable bonds is 6. The third kappa shape index (κ3) is 3.29. The summed E-state index contributed by atoms with van der Waals surface area (Å²) in [6.45, 7) is 1.57. The van der Waals surface area contributed by atoms with Crippen molar-refractivity contribution in [3.63, 3.8) is 0 Å². The van der Waals surface area contributed by atoms with E-state index in [1.807, 2.05) is 30.3 Å². The predicted molar refractivity (Wildman–Crippen MR) is 79.7 cm³/mol. The van der Waals surface area contributed by atoms with Gasteiger partial charge >= 0.3 is 0 Å². The third-order valence-electron chi connectivity index (χ3n) is 3.25. The molecule has 0 aromatic heterocycles. The third-order valence-corrected chi connectivity index (χ3v) is 4.92. The van der Waals surface area contributed by atoms with Gasteiger partial charge in [0.25, 0.3) is 0 Å². The van der Waals surface area contributed by atoms with Crippen molar-refractivity contribution < 1.29 is 18.3 Å². The van der Waals surface area contributed by atoms with Crippen LogP contribution in [-0.2, 0) is 16.4 Å². The monoisotopic (exact) mass is 294 g/mol. The Balaban J connectivity index is 2.22. The fourth-order valence-electron chi connectivity index (χ4n) is 2.04. The SMILES string of the molecule is CCS(=O)(=O)CCOc1ccc2ccccc2c1CO. The Hall–Kier alpha value is -1.59. The molecule has 0 unspecified atom stereocenters. The second-order valence-corrected chi connectivity index (χ2v) is 6.98. The van der Waals surface area contributed by atoms with E-state index in [-0.39, 0.29) is 24.7 Å². The maximum atomic E-state index is 11.4. The zero-order chi connectivity index (χ0) is 14.6. The van der Waals surface area contributed by atoms with E-state index >= 15 is 0 Å². The van der Waals surface area contributed by atoms with Gasteiger partial charge in [-0.15, -0.1) is 0 Å². The molecule has 0 amide bonds. The van der Waals surface area contributed by atoms with Crippen LogP contribution in [-0.4, -0.2) is 31.6 Å². The summed E-state index contributed by atoms with van der Waals surface area (Å²) >= 11 is 0. The minimum Gasteiger partial charge on any atom is -0.492 e. The van der Waals surface area contributed by atoms with Gasteiger partial charge in [-0.1, -0.05) is 37.3 Å². The molecule has 0 radical (unpaired) electrons. The van der Waals surface area contributed by atoms with Gasteiger partial charge in [-0.2, -0.15) is 0 Å². The van der Waals surface area contributed by atoms with Crippen LogP contribution in [0, 0.1) is 0 Å². The number of aliphatic hydroxyl groups is 1. The van der Waals surface area contributed by atoms with E-state index < -0.39 is 9.84 Å². The van der Waals surface area contributed by atoms with E-state index in [4.69, 9.17) is 4.74 Å². The number of benzene rings is 2. The van der Waals surface area contributed by atoms with E-state index in [9.17, 15) is 13.5 Å². The molecule has 5 heteroatoms. The average Bonchev–Trinajstić information content (AvgIpc) is 2.46. The molecule has 20 heavy (non-hydrogen) atoms. The zero-order valence-corrected chi connectivity index (χ0v) is 12.2. The molecule has 0 saturated carbocycles. The van der Waals surface area contributed by atoms with Crippen molar-refractivity contribution in [3.8, 4) is 5.75 Å². The molecule has 1 N–H and O–H groups in total. The van der Waals surface area contributed by atoms with Gasteiger partial charge < -0.3 is 9.84 Å². The molecule has 0 heterocycles. The van der Waals surface area contributed by atoms with Crippen molar-refractivity contribution in [3.05, 3.63) is 42.0 Å². The number of hydrogen-bond acceptors (Lipinski definition) is 4. The van der Waals surface area contributed by atoms with Crippen LogP contribution in [0.2, 0.25) is 0 Å². The van der Waals surface area contributed by atoms with Crippen molar-refractivity contribution in [1.29, 1.82) is 0 Å². The van der Waals surface area contributed by atoms with Crippen molar-refractivity contribution in [2.24, 2.45) is 0 Å². The van der Waals surface area contributed by atoms with Gasteiger partial charge in [0.15, 0.2) is 9.84 Å². The number of aliphatic hydroxyl groups excluding tert-OH is 1. The predicted octanol–water partition coefficient (Wildman–Crippen LogP) is 2.15. The molecule has 0 aliphatic rings. The molecular weight excluding hydrogens is 276 g/mol. The van der Waals surface area contributed by atoms with Gasteiger partial charge in [0.1, 0.15) is 12.4 Å². The molecule has 0 saturated heterocycles. The molecule has 108 valence electrons. The molecule has 0 bridgehead atoms. The van der Waals surface area contributed by atoms with Crippen LogP contribution in [0.25, 0.3) is 10.8 Å². The van der Waals surface area contributed by atoms with Gasteiger partial charge in [0, 0.05) is 11.3 Å². The Morgan fingerprint density at radius 2 is 1.90 bits per heavy atom. The molecule has 0 atom stereocenters. The van der Waals surface area contributed by atoms with Crippen LogP contribution in [0.1, 0.15) is 12.5 Å². The number of fused-ring (bicyclic) bond motifs is 1. The first-order chi connectivity index (χ1) is 9.57. The molecule has 0 aliphatic heterocycles. The Kier molecular flexibility index (Phi) is 4.62. The van der Waals surface area contributed by atoms with Crippen molar-refractivity contribution in [2.45, 2.75) is 13.5 Å². The summed E-state index contributed by atoms with van der Waals surface area (Å²) in [7, 11) is -3.04. The molecule has 2 rings (SSSR count). The van der Waals surface area contributed by atoms with Crippen molar-refractivity contribution in [1.82, 2.24) is 0 Å². The van der Waals surface area contributed by atoms with Crippen LogP contribution >= 0.6 is 0 Å². The number of ether oxygens (including phenoxy) is 1. The van der Waals surface area contributed by atoms with E-state index in [0.717, 1.165) is 10.8 Å². The second-order valence-electron chi connectivity index (χ2n) is 4.51. The lowest BCUT2D eigenvalue weighted by Gasteiger charge is -2.12. The second kappa shape index (κ2) is 6.24. The van der Waals surface area contributed by atoms with Gasteiger partial charge in [-0.05, 0) is 16.8 Å². The van der Waals surface area contributed by atoms with E-state index in [1.54, 1.807) is 13.0 Å². The first-order valence-electron chi connectivity index (χ1n) is 6.52. The summed E-state index contributed by atoms with van der Waals surface area (Å²) in [5.74, 6) is 0.639. The fourth-order valence-corrected chi connectivity index (χ4v) is 2.66. The standard InChI is InChI=1S/C15H18O4S/c1-2-20(17,18)10-9-19-15-8-7-12-5-3-4-6-13(12)14(15)11-16/h3-8,16H,2,9-11H2,1H3. The molecule has 4 nitrogen and oxygen atoms in total. The Labute approximate surface area is 118 Å². The first-order valence-corrected chi connectivity index (χ1v) is 8.34. The largest absolute Gasteiger partial charge is 0.492 e. The molecule has 0 fully saturated rings. The fraction of sp³-hybridized carbons (Fsp3) is 0.333. The van der Waals surface area contributed by atoms with Crippen molar-refractivity contribution in [2.75, 3.05) is 18.1 Å². The lowest BCUT2D eigenvalue weighted by molar-refractivity contribution is 0.269. The highest BCUT2D eigenvalue weighted by atomic mass is 32.2. The minimum absolute atomic E-state index is 0.0127. The highest BCUT2D eigenvalue weighted by molar-refractivity contribution is 7.91. The number of sulfone groups is 1. The van der Waals surface area contributed by atoms with E-state index in [0.29, 0.717) is 11.3 Å². The van der Waals surface area contributed by atoms with Gasteiger partial charge in [0.2, 0.25) is 0 Å². The van der Waals surface area contributed by atoms with Crippen LogP contribution in [0.15, 0.2) is 36.4 Å². The number of hydrogen-bond donors (Lipinski definition) is 1. The summed E-state index contributed by atoms with van der Waals surface area (Å²) in [6.07, 6.45) is 0. The topological polar surface area (TPSA) is 63.6 Å². The van der Waals surface area contributed by atoms with Gasteiger partial charge in [-0.25, -0.2) is 8.42 Å². The zero-order valence-electron chi connectivity index (χ0n) is 11.4.